The van der Waals surface area contributed by atoms with E-state index in [1.165, 1.54) is 22.7 Å². The number of thiazole rings is 2. The lowest BCUT2D eigenvalue weighted by Crippen LogP contribution is -2.31. The van der Waals surface area contributed by atoms with E-state index in [9.17, 15) is 14.4 Å². The lowest BCUT2D eigenvalue weighted by Gasteiger charge is -2.00. The Morgan fingerprint density at radius 1 is 0.609 bits per heavy atom. The van der Waals surface area contributed by atoms with Crippen LogP contribution in [-0.4, -0.2) is 30.2 Å². The molecule has 0 N–H and O–H groups in total. The van der Waals surface area contributed by atoms with Crippen LogP contribution in [-0.2, 0) is 6.42 Å². The average Bonchev–Trinajstić information content (AvgIpc) is 3.89. The Hall–Kier alpha value is -5.43. The normalized spacial score (nSPS) is 14.3. The minimum absolute atomic E-state index is 0.0960. The number of hydrogen-bond donors (Lipinski definition) is 0. The molecular weight excluding hydrogens is 637 g/mol. The van der Waals surface area contributed by atoms with Crippen molar-refractivity contribution in [3.63, 3.8) is 0 Å². The molecule has 9 aromatic rings. The van der Waals surface area contributed by atoms with Crippen molar-refractivity contribution in [2.75, 3.05) is 0 Å². The molecule has 0 fully saturated rings. The van der Waals surface area contributed by atoms with Crippen LogP contribution in [0.3, 0.4) is 0 Å². The smallest absolute Gasteiger partial charge is 0.216 e. The van der Waals surface area contributed by atoms with Gasteiger partial charge in [-0.3, -0.25) is 14.4 Å². The van der Waals surface area contributed by atoms with Crippen molar-refractivity contribution in [2.24, 2.45) is 9.98 Å². The molecule has 0 spiro atoms. The zero-order valence-corrected chi connectivity index (χ0v) is 25.7. The SMILES string of the molecule is O=C1/C(=N/c2nc3c4nsnc4c4nc(N=c5c(=O)c6cc7ccccc7cc6c5=O)sc4c3s2)Cc2cc3ccccc3cc21. The topological polar surface area (TPSA) is 127 Å². The molecule has 0 saturated carbocycles. The molecule has 216 valence electrons. The molecule has 0 radical (unpaired) electrons. The Morgan fingerprint density at radius 2 is 1.13 bits per heavy atom. The highest BCUT2D eigenvalue weighted by atomic mass is 32.1. The molecule has 0 aliphatic heterocycles. The van der Waals surface area contributed by atoms with Crippen molar-refractivity contribution >= 4 is 120 Å². The maximum absolute atomic E-state index is 13.4. The first-order chi connectivity index (χ1) is 22.5. The number of aromatic nitrogens is 4. The number of benzene rings is 5. The number of nitrogens with zero attached hydrogens (tertiary/aromatic N) is 6. The highest BCUT2D eigenvalue weighted by Crippen LogP contribution is 2.43. The van der Waals surface area contributed by atoms with E-state index < -0.39 is 10.9 Å². The Bertz CT molecular complexity index is 2970. The monoisotopic (exact) mass is 650 g/mol. The third-order valence-electron chi connectivity index (χ3n) is 8.45. The maximum atomic E-state index is 13.4. The van der Waals surface area contributed by atoms with Crippen molar-refractivity contribution in [1.29, 1.82) is 0 Å². The summed E-state index contributed by atoms with van der Waals surface area (Å²) in [5, 5.41) is 5.09. The molecule has 6 aromatic carbocycles. The molecule has 0 saturated heterocycles. The van der Waals surface area contributed by atoms with Gasteiger partial charge in [-0.25, -0.2) is 20.0 Å². The summed E-state index contributed by atoms with van der Waals surface area (Å²) >= 11 is 3.64. The van der Waals surface area contributed by atoms with Gasteiger partial charge in [0, 0.05) is 22.8 Å². The lowest BCUT2D eigenvalue weighted by atomic mass is 10.0. The largest absolute Gasteiger partial charge is 0.287 e. The average molecular weight is 651 g/mol. The standard InChI is InChI=1S/C34H14N6O3S3/c41-28-19-10-15-6-2-1-5-14(15)9-18(19)13-22(28)35-33-36-25-23-24(40-46-39-23)26-32(31(25)44-33)45-34(37-26)38-27-29(42)20-11-16-7-3-4-8-17(16)12-21(20)30(27)43/h1-12H,13H2/b35-22+. The van der Waals surface area contributed by atoms with E-state index in [-0.39, 0.29) is 16.3 Å². The van der Waals surface area contributed by atoms with Crippen LogP contribution in [0.5, 0.6) is 0 Å². The second-order valence-electron chi connectivity index (χ2n) is 11.1. The fourth-order valence-corrected chi connectivity index (χ4v) is 8.87. The number of Topliss-reactive ketones (excluding diaryl/α,β-unsaturated/α-hetero) is 1. The van der Waals surface area contributed by atoms with E-state index >= 15 is 0 Å². The summed E-state index contributed by atoms with van der Waals surface area (Å²) in [5.74, 6) is -0.0960. The summed E-state index contributed by atoms with van der Waals surface area (Å²) in [6.07, 6.45) is 0.431. The Balaban J connectivity index is 1.13. The Labute approximate surface area is 268 Å². The quantitative estimate of drug-likeness (QED) is 0.203. The fourth-order valence-electron chi connectivity index (χ4n) is 6.28. The van der Waals surface area contributed by atoms with Crippen LogP contribution in [0.2, 0.25) is 0 Å². The zero-order chi connectivity index (χ0) is 30.7. The highest BCUT2D eigenvalue weighted by Gasteiger charge is 2.28. The second kappa shape index (κ2) is 9.30. The summed E-state index contributed by atoms with van der Waals surface area (Å²) in [5.41, 5.74) is 3.57. The third-order valence-corrected chi connectivity index (χ3v) is 11.0. The van der Waals surface area contributed by atoms with Crippen molar-refractivity contribution in [3.8, 4) is 0 Å². The minimum Gasteiger partial charge on any atom is -0.287 e. The number of carbonyl (C=O) groups excluding carboxylic acids is 1. The van der Waals surface area contributed by atoms with Crippen LogP contribution in [0.4, 0.5) is 10.3 Å². The van der Waals surface area contributed by atoms with E-state index in [0.717, 1.165) is 48.2 Å². The molecule has 46 heavy (non-hydrogen) atoms. The summed E-state index contributed by atoms with van der Waals surface area (Å²) in [6.45, 7) is 0. The highest BCUT2D eigenvalue weighted by molar-refractivity contribution is 7.30. The third kappa shape index (κ3) is 3.62. The van der Waals surface area contributed by atoms with E-state index in [1.54, 1.807) is 12.1 Å². The predicted octanol–water partition coefficient (Wildman–Crippen LogP) is 6.71. The summed E-state index contributed by atoms with van der Waals surface area (Å²) in [6, 6.07) is 23.1. The van der Waals surface area contributed by atoms with Crippen LogP contribution < -0.4 is 16.2 Å². The molecule has 3 heterocycles. The molecule has 10 rings (SSSR count). The maximum Gasteiger partial charge on any atom is 0.216 e. The first-order valence-corrected chi connectivity index (χ1v) is 16.6. The molecule has 0 amide bonds. The van der Waals surface area contributed by atoms with Gasteiger partial charge >= 0.3 is 0 Å². The van der Waals surface area contributed by atoms with Gasteiger partial charge in [0.05, 0.1) is 26.8 Å². The molecule has 0 atom stereocenters. The van der Waals surface area contributed by atoms with Gasteiger partial charge in [0.1, 0.15) is 22.1 Å². The van der Waals surface area contributed by atoms with Crippen LogP contribution in [0.15, 0.2) is 92.4 Å². The number of carbonyl (C=O) groups is 1. The number of fused-ring (bicyclic) bond motifs is 10. The van der Waals surface area contributed by atoms with Crippen LogP contribution in [0.1, 0.15) is 15.9 Å². The fraction of sp³-hybridized carbons (Fsp3) is 0.0294. The van der Waals surface area contributed by atoms with Gasteiger partial charge < -0.3 is 0 Å². The summed E-state index contributed by atoms with van der Waals surface area (Å²) in [7, 11) is 0. The predicted molar refractivity (Wildman–Crippen MR) is 184 cm³/mol. The van der Waals surface area contributed by atoms with Gasteiger partial charge in [-0.1, -0.05) is 77.3 Å². The Kier molecular flexibility index (Phi) is 5.23. The van der Waals surface area contributed by atoms with Crippen LogP contribution in [0.25, 0.3) is 63.8 Å². The van der Waals surface area contributed by atoms with E-state index in [4.69, 9.17) is 15.0 Å². The molecule has 3 aromatic heterocycles. The molecule has 0 unspecified atom stereocenters. The number of aliphatic imine (C=N–C) groups is 1. The first-order valence-electron chi connectivity index (χ1n) is 14.2. The van der Waals surface area contributed by atoms with Crippen molar-refractivity contribution < 1.29 is 4.79 Å². The molecule has 9 nitrogen and oxygen atoms in total. The number of hydrogen-bond acceptors (Lipinski definition) is 12. The first kappa shape index (κ1) is 25.9. The number of rotatable bonds is 2. The molecule has 12 heteroatoms. The zero-order valence-electron chi connectivity index (χ0n) is 23.3. The van der Waals surface area contributed by atoms with E-state index in [1.807, 2.05) is 54.6 Å². The molecule has 1 aliphatic carbocycles. The van der Waals surface area contributed by atoms with Gasteiger partial charge in [-0.15, -0.1) is 0 Å². The van der Waals surface area contributed by atoms with Gasteiger partial charge in [0.2, 0.25) is 26.9 Å². The Morgan fingerprint density at radius 3 is 1.72 bits per heavy atom. The minimum atomic E-state index is -0.415. The van der Waals surface area contributed by atoms with E-state index in [2.05, 4.69) is 19.8 Å². The van der Waals surface area contributed by atoms with Crippen molar-refractivity contribution in [1.82, 2.24) is 18.7 Å². The van der Waals surface area contributed by atoms with Crippen LogP contribution >= 0.6 is 34.4 Å². The van der Waals surface area contributed by atoms with Gasteiger partial charge in [-0.05, 0) is 45.3 Å². The van der Waals surface area contributed by atoms with Crippen molar-refractivity contribution in [3.05, 3.63) is 110 Å². The molecular formula is C34H14N6O3S3. The second-order valence-corrected chi connectivity index (χ2v) is 13.6. The van der Waals surface area contributed by atoms with Gasteiger partial charge in [0.15, 0.2) is 5.36 Å². The molecule has 1 aliphatic rings. The van der Waals surface area contributed by atoms with Crippen molar-refractivity contribution in [2.45, 2.75) is 6.42 Å². The van der Waals surface area contributed by atoms with Crippen LogP contribution in [0, 0.1) is 0 Å². The lowest BCUT2D eigenvalue weighted by molar-refractivity contribution is 0.106. The summed E-state index contributed by atoms with van der Waals surface area (Å²) < 4.78 is 10.5. The molecule has 0 bridgehead atoms. The summed E-state index contributed by atoms with van der Waals surface area (Å²) in [4.78, 5) is 58.8. The van der Waals surface area contributed by atoms with Gasteiger partial charge in [-0.2, -0.15) is 8.75 Å². The number of ketones is 1. The van der Waals surface area contributed by atoms with E-state index in [0.29, 0.717) is 55.7 Å². The van der Waals surface area contributed by atoms with Gasteiger partial charge in [0.25, 0.3) is 0 Å².